The van der Waals surface area contributed by atoms with Gasteiger partial charge >= 0.3 is 0 Å². The lowest BCUT2D eigenvalue weighted by Gasteiger charge is -2.24. The van der Waals surface area contributed by atoms with E-state index in [0.29, 0.717) is 6.04 Å². The molecular weight excluding hydrogens is 372 g/mol. The van der Waals surface area contributed by atoms with E-state index in [1.54, 1.807) is 0 Å². The van der Waals surface area contributed by atoms with Gasteiger partial charge in [0.15, 0.2) is 5.65 Å². The number of hydrogen-bond acceptors (Lipinski definition) is 5. The molecule has 3 aromatic rings. The number of aryl methyl sites for hydroxylation is 1. The number of fused-ring (bicyclic) bond motifs is 1. The zero-order valence-corrected chi connectivity index (χ0v) is 16.3. The number of aromatic nitrogens is 5. The lowest BCUT2D eigenvalue weighted by molar-refractivity contribution is 0.507. The summed E-state index contributed by atoms with van der Waals surface area (Å²) in [7, 11) is 0. The monoisotopic (exact) mass is 392 g/mol. The molecule has 6 nitrogen and oxygen atoms in total. The van der Waals surface area contributed by atoms with E-state index in [2.05, 4.69) is 25.6 Å². The van der Waals surface area contributed by atoms with E-state index >= 15 is 0 Å². The van der Waals surface area contributed by atoms with Crippen molar-refractivity contribution in [1.29, 1.82) is 0 Å². The van der Waals surface area contributed by atoms with E-state index in [-0.39, 0.29) is 5.28 Å². The normalized spacial score (nSPS) is 21.9. The average Bonchev–Trinajstić information content (AvgIpc) is 3.47. The molecule has 0 N–H and O–H groups in total. The molecule has 1 unspecified atom stereocenters. The van der Waals surface area contributed by atoms with Gasteiger partial charge in [-0.15, -0.1) is 0 Å². The van der Waals surface area contributed by atoms with E-state index in [4.69, 9.17) is 21.6 Å². The second kappa shape index (κ2) is 7.09. The van der Waals surface area contributed by atoms with Gasteiger partial charge in [0, 0.05) is 24.1 Å². The minimum absolute atomic E-state index is 0.245. The zero-order chi connectivity index (χ0) is 19.0. The van der Waals surface area contributed by atoms with Crippen LogP contribution in [0.5, 0.6) is 0 Å². The molecule has 142 valence electrons. The third-order valence-corrected chi connectivity index (χ3v) is 5.94. The number of hydrogen-bond donors (Lipinski definition) is 0. The smallest absolute Gasteiger partial charge is 0.224 e. The van der Waals surface area contributed by atoms with Gasteiger partial charge < -0.3 is 4.57 Å². The molecular formula is C21H21ClN6. The van der Waals surface area contributed by atoms with Gasteiger partial charge in [0.2, 0.25) is 5.28 Å². The number of imidazole rings is 1. The summed E-state index contributed by atoms with van der Waals surface area (Å²) in [5.41, 5.74) is 2.83. The third-order valence-electron chi connectivity index (χ3n) is 5.77. The van der Waals surface area contributed by atoms with Crippen LogP contribution in [0.2, 0.25) is 5.28 Å². The first-order valence-electron chi connectivity index (χ1n) is 9.79. The van der Waals surface area contributed by atoms with E-state index in [0.717, 1.165) is 48.2 Å². The Morgan fingerprint density at radius 3 is 2.79 bits per heavy atom. The van der Waals surface area contributed by atoms with Gasteiger partial charge in [-0.2, -0.15) is 4.98 Å². The predicted molar refractivity (Wildman–Crippen MR) is 110 cm³/mol. The summed E-state index contributed by atoms with van der Waals surface area (Å²) in [6.07, 6.45) is 15.9. The molecule has 0 aromatic carbocycles. The van der Waals surface area contributed by atoms with Crippen molar-refractivity contribution in [3.05, 3.63) is 59.5 Å². The Hall–Kier alpha value is -2.60. The average molecular weight is 393 g/mol. The predicted octanol–water partition coefficient (Wildman–Crippen LogP) is 4.46. The fourth-order valence-corrected chi connectivity index (χ4v) is 4.50. The Bertz CT molecular complexity index is 1040. The first-order chi connectivity index (χ1) is 13.8. The molecule has 1 aliphatic heterocycles. The van der Waals surface area contributed by atoms with Gasteiger partial charge in [0.1, 0.15) is 16.7 Å². The molecule has 1 fully saturated rings. The van der Waals surface area contributed by atoms with Crippen LogP contribution in [-0.2, 0) is 12.0 Å². The summed E-state index contributed by atoms with van der Waals surface area (Å²) in [6.45, 7) is 0. The third kappa shape index (κ3) is 3.02. The summed E-state index contributed by atoms with van der Waals surface area (Å²) in [5.74, 6) is 0. The van der Waals surface area contributed by atoms with Gasteiger partial charge in [0.05, 0.1) is 6.33 Å². The van der Waals surface area contributed by atoms with Crippen LogP contribution in [0, 0.1) is 0 Å². The molecule has 0 bridgehead atoms. The van der Waals surface area contributed by atoms with Crippen molar-refractivity contribution in [3.63, 3.8) is 0 Å². The maximum Gasteiger partial charge on any atom is 0.224 e. The first kappa shape index (κ1) is 17.5. The van der Waals surface area contributed by atoms with Crippen LogP contribution in [0.3, 0.4) is 0 Å². The number of allylic oxidation sites excluding steroid dienone is 1. The van der Waals surface area contributed by atoms with Crippen molar-refractivity contribution in [3.8, 4) is 0 Å². The fourth-order valence-electron chi connectivity index (χ4n) is 4.33. The molecule has 1 aliphatic carbocycles. The molecule has 1 atom stereocenters. The molecule has 7 heteroatoms. The van der Waals surface area contributed by atoms with Crippen LogP contribution in [0.4, 0.5) is 0 Å². The van der Waals surface area contributed by atoms with Gasteiger partial charge in [-0.3, -0.25) is 9.98 Å². The highest BCUT2D eigenvalue weighted by Crippen LogP contribution is 2.39. The number of halogens is 1. The Labute approximate surface area is 168 Å². The molecule has 0 spiro atoms. The van der Waals surface area contributed by atoms with E-state index < -0.39 is 5.54 Å². The molecule has 5 rings (SSSR count). The van der Waals surface area contributed by atoms with Crippen molar-refractivity contribution in [1.82, 2.24) is 24.5 Å². The quantitative estimate of drug-likeness (QED) is 0.601. The Balaban J connectivity index is 1.57. The second-order valence-electron chi connectivity index (χ2n) is 7.49. The standard InChI is InChI=1S/C21H21ClN6/c22-20-26-18(17-19(27-20)28(14-24-17)16-7-1-2-8-16)21(10-5-13-25-21)11-9-15-6-3-4-12-23-15/h3-6,10,12-14,16H,1-2,7-9,11H2. The summed E-state index contributed by atoms with van der Waals surface area (Å²) >= 11 is 6.37. The Morgan fingerprint density at radius 1 is 1.14 bits per heavy atom. The van der Waals surface area contributed by atoms with Crippen molar-refractivity contribution in [2.45, 2.75) is 50.1 Å². The zero-order valence-electron chi connectivity index (χ0n) is 15.5. The molecule has 4 heterocycles. The van der Waals surface area contributed by atoms with Gasteiger partial charge in [-0.05, 0) is 61.6 Å². The molecule has 0 radical (unpaired) electrons. The number of pyridine rings is 1. The SMILES string of the molecule is Clc1nc(C2(CCc3ccccn3)C=CC=N2)c2ncn(C3CCCC3)c2n1. The molecule has 3 aromatic heterocycles. The maximum atomic E-state index is 6.37. The van der Waals surface area contributed by atoms with Crippen LogP contribution in [0.1, 0.15) is 49.5 Å². The Kier molecular flexibility index (Phi) is 4.43. The van der Waals surface area contributed by atoms with E-state index in [9.17, 15) is 0 Å². The maximum absolute atomic E-state index is 6.37. The number of nitrogens with zero attached hydrogens (tertiary/aromatic N) is 6. The first-order valence-corrected chi connectivity index (χ1v) is 10.2. The highest BCUT2D eigenvalue weighted by atomic mass is 35.5. The van der Waals surface area contributed by atoms with Crippen LogP contribution in [0.25, 0.3) is 11.2 Å². The lowest BCUT2D eigenvalue weighted by atomic mass is 9.89. The highest BCUT2D eigenvalue weighted by molar-refractivity contribution is 6.28. The summed E-state index contributed by atoms with van der Waals surface area (Å²) in [4.78, 5) is 23.1. The van der Waals surface area contributed by atoms with Crippen LogP contribution in [-0.4, -0.2) is 30.7 Å². The second-order valence-corrected chi connectivity index (χ2v) is 7.82. The van der Waals surface area contributed by atoms with Crippen molar-refractivity contribution < 1.29 is 0 Å². The summed E-state index contributed by atoms with van der Waals surface area (Å²) < 4.78 is 2.17. The van der Waals surface area contributed by atoms with Crippen molar-refractivity contribution in [2.24, 2.45) is 4.99 Å². The minimum atomic E-state index is -0.586. The largest absolute Gasteiger partial charge is 0.312 e. The van der Waals surface area contributed by atoms with E-state index in [1.165, 1.54) is 12.8 Å². The number of aliphatic imine (C=N–C) groups is 1. The van der Waals surface area contributed by atoms with Gasteiger partial charge in [0.25, 0.3) is 0 Å². The topological polar surface area (TPSA) is 68.8 Å². The van der Waals surface area contributed by atoms with Gasteiger partial charge in [-0.25, -0.2) is 9.97 Å². The highest BCUT2D eigenvalue weighted by Gasteiger charge is 2.36. The molecule has 0 saturated heterocycles. The molecule has 28 heavy (non-hydrogen) atoms. The number of rotatable bonds is 5. The van der Waals surface area contributed by atoms with Crippen molar-refractivity contribution in [2.75, 3.05) is 0 Å². The van der Waals surface area contributed by atoms with Gasteiger partial charge in [-0.1, -0.05) is 18.9 Å². The molecule has 0 amide bonds. The molecule has 1 saturated carbocycles. The van der Waals surface area contributed by atoms with Crippen LogP contribution < -0.4 is 0 Å². The van der Waals surface area contributed by atoms with E-state index in [1.807, 2.05) is 43.0 Å². The van der Waals surface area contributed by atoms with Crippen LogP contribution >= 0.6 is 11.6 Å². The van der Waals surface area contributed by atoms with Crippen LogP contribution in [0.15, 0.2) is 47.9 Å². The fraction of sp³-hybridized carbons (Fsp3) is 0.381. The van der Waals surface area contributed by atoms with Crippen molar-refractivity contribution >= 4 is 29.0 Å². The Morgan fingerprint density at radius 2 is 2.04 bits per heavy atom. The summed E-state index contributed by atoms with van der Waals surface area (Å²) in [5, 5.41) is 0.245. The minimum Gasteiger partial charge on any atom is -0.312 e. The summed E-state index contributed by atoms with van der Waals surface area (Å²) in [6, 6.07) is 6.41. The molecule has 2 aliphatic rings. The lowest BCUT2D eigenvalue weighted by Crippen LogP contribution is -2.23.